The maximum Gasteiger partial charge on any atom is 0.305 e. The van der Waals surface area contributed by atoms with E-state index in [-0.39, 0.29) is 29.6 Å². The highest BCUT2D eigenvalue weighted by atomic mass is 16.5. The fourth-order valence-corrected chi connectivity index (χ4v) is 3.82. The highest BCUT2D eigenvalue weighted by Gasteiger charge is 2.22. The fourth-order valence-electron chi connectivity index (χ4n) is 3.82. The molecule has 1 heterocycles. The molecule has 3 aromatic rings. The summed E-state index contributed by atoms with van der Waals surface area (Å²) in [6, 6.07) is 15.8. The zero-order valence-electron chi connectivity index (χ0n) is 22.1. The molecule has 36 heavy (non-hydrogen) atoms. The molecule has 0 aliphatic rings. The van der Waals surface area contributed by atoms with Gasteiger partial charge >= 0.3 is 5.97 Å². The van der Waals surface area contributed by atoms with Gasteiger partial charge in [-0.25, -0.2) is 0 Å². The second-order valence-corrected chi connectivity index (χ2v) is 10.3. The number of aromatic nitrogens is 2. The Morgan fingerprint density at radius 1 is 1.00 bits per heavy atom. The zero-order valence-corrected chi connectivity index (χ0v) is 22.1. The number of Topliss-reactive ketones (excluding diaryl/α,β-unsaturated/α-hetero) is 1. The number of benzene rings is 2. The molecule has 0 fully saturated rings. The Kier molecular flexibility index (Phi) is 9.02. The van der Waals surface area contributed by atoms with Gasteiger partial charge in [0.25, 0.3) is 0 Å². The van der Waals surface area contributed by atoms with E-state index in [1.165, 1.54) is 0 Å². The number of ether oxygens (including phenoxy) is 1. The summed E-state index contributed by atoms with van der Waals surface area (Å²) in [6.45, 7) is 12.6. The first-order valence-electron chi connectivity index (χ1n) is 12.6. The Hall–Kier alpha value is -3.48. The quantitative estimate of drug-likeness (QED) is 0.234. The summed E-state index contributed by atoms with van der Waals surface area (Å²) in [5, 5.41) is 7.73. The van der Waals surface area contributed by atoms with Gasteiger partial charge < -0.3 is 14.6 Å². The molecule has 0 saturated heterocycles. The summed E-state index contributed by atoms with van der Waals surface area (Å²) in [5.41, 5.74) is 3.44. The van der Waals surface area contributed by atoms with E-state index in [2.05, 4.69) is 41.4 Å². The summed E-state index contributed by atoms with van der Waals surface area (Å²) in [7, 11) is 0. The third kappa shape index (κ3) is 7.26. The molecule has 0 amide bonds. The first kappa shape index (κ1) is 27.1. The largest absolute Gasteiger partial charge is 0.466 e. The van der Waals surface area contributed by atoms with Crippen LogP contribution in [-0.2, 0) is 14.9 Å². The van der Waals surface area contributed by atoms with Gasteiger partial charge in [0.2, 0.25) is 11.7 Å². The Labute approximate surface area is 213 Å². The molecular formula is C29H37N3O4. The van der Waals surface area contributed by atoms with Crippen LogP contribution in [0.2, 0.25) is 0 Å². The lowest BCUT2D eigenvalue weighted by Gasteiger charge is -2.24. The molecular weight excluding hydrogens is 454 g/mol. The van der Waals surface area contributed by atoms with Crippen LogP contribution in [-0.4, -0.2) is 28.5 Å². The predicted octanol–water partition coefficient (Wildman–Crippen LogP) is 6.76. The minimum absolute atomic E-state index is 0.0259. The number of carbonyl (C=O) groups excluding carboxylic acids is 2. The van der Waals surface area contributed by atoms with Crippen molar-refractivity contribution in [2.24, 2.45) is 5.92 Å². The average molecular weight is 492 g/mol. The highest BCUT2D eigenvalue weighted by molar-refractivity contribution is 5.96. The molecule has 2 aromatic carbocycles. The summed E-state index contributed by atoms with van der Waals surface area (Å²) >= 11 is 0. The number of ketones is 1. The van der Waals surface area contributed by atoms with Crippen LogP contribution < -0.4 is 5.32 Å². The Balaban J connectivity index is 1.64. The first-order chi connectivity index (χ1) is 17.1. The van der Waals surface area contributed by atoms with Crippen LogP contribution in [0.1, 0.15) is 88.7 Å². The molecule has 0 bridgehead atoms. The van der Waals surface area contributed by atoms with Crippen molar-refractivity contribution in [1.29, 1.82) is 0 Å². The maximum absolute atomic E-state index is 12.5. The normalized spacial score (nSPS) is 12.4. The van der Waals surface area contributed by atoms with Crippen LogP contribution in [0, 0.1) is 5.92 Å². The molecule has 7 nitrogen and oxygen atoms in total. The van der Waals surface area contributed by atoms with Gasteiger partial charge in [-0.3, -0.25) is 9.59 Å². The number of rotatable bonds is 11. The summed E-state index contributed by atoms with van der Waals surface area (Å²) in [6.07, 6.45) is 1.08. The predicted molar refractivity (Wildman–Crippen MR) is 141 cm³/mol. The number of esters is 1. The van der Waals surface area contributed by atoms with E-state index in [0.29, 0.717) is 42.6 Å². The van der Waals surface area contributed by atoms with Gasteiger partial charge in [-0.1, -0.05) is 64.0 Å². The molecule has 1 unspecified atom stereocenters. The van der Waals surface area contributed by atoms with E-state index in [1.54, 1.807) is 6.92 Å². The molecule has 0 saturated carbocycles. The Bertz CT molecular complexity index is 1140. The van der Waals surface area contributed by atoms with Gasteiger partial charge in [0.15, 0.2) is 5.78 Å². The lowest BCUT2D eigenvalue weighted by atomic mass is 9.94. The minimum Gasteiger partial charge on any atom is -0.466 e. The van der Waals surface area contributed by atoms with Gasteiger partial charge in [0, 0.05) is 35.1 Å². The highest BCUT2D eigenvalue weighted by Crippen LogP contribution is 2.29. The van der Waals surface area contributed by atoms with Crippen molar-refractivity contribution >= 4 is 17.4 Å². The second-order valence-electron chi connectivity index (χ2n) is 10.3. The monoisotopic (exact) mass is 491 g/mol. The van der Waals surface area contributed by atoms with Crippen molar-refractivity contribution in [2.75, 3.05) is 11.9 Å². The topological polar surface area (TPSA) is 94.3 Å². The van der Waals surface area contributed by atoms with Gasteiger partial charge in [-0.15, -0.1) is 0 Å². The number of nitrogens with one attached hydrogen (secondary N) is 1. The average Bonchev–Trinajstić information content (AvgIpc) is 3.34. The number of anilines is 1. The molecule has 7 heteroatoms. The Morgan fingerprint density at radius 2 is 1.67 bits per heavy atom. The van der Waals surface area contributed by atoms with Crippen molar-refractivity contribution < 1.29 is 18.8 Å². The van der Waals surface area contributed by atoms with Gasteiger partial charge in [-0.2, -0.15) is 4.98 Å². The van der Waals surface area contributed by atoms with Crippen LogP contribution in [0.4, 0.5) is 5.69 Å². The summed E-state index contributed by atoms with van der Waals surface area (Å²) in [4.78, 5) is 28.5. The van der Waals surface area contributed by atoms with Gasteiger partial charge in [0.05, 0.1) is 12.6 Å². The molecule has 1 aromatic heterocycles. The van der Waals surface area contributed by atoms with Crippen LogP contribution in [0.15, 0.2) is 53.1 Å². The third-order valence-electron chi connectivity index (χ3n) is 5.88. The van der Waals surface area contributed by atoms with E-state index in [4.69, 9.17) is 9.26 Å². The minimum atomic E-state index is -0.260. The fraction of sp³-hybridized carbons (Fsp3) is 0.448. The molecule has 0 spiro atoms. The maximum atomic E-state index is 12.5. The van der Waals surface area contributed by atoms with Crippen LogP contribution in [0.3, 0.4) is 0 Å². The van der Waals surface area contributed by atoms with E-state index in [1.807, 2.05) is 57.2 Å². The van der Waals surface area contributed by atoms with Gasteiger partial charge in [-0.05, 0) is 49.1 Å². The van der Waals surface area contributed by atoms with E-state index in [0.717, 1.165) is 16.8 Å². The van der Waals surface area contributed by atoms with Crippen molar-refractivity contribution in [3.05, 3.63) is 65.5 Å². The number of carbonyl (C=O) groups is 2. The molecule has 1 N–H and O–H groups in total. The number of hydrogen-bond acceptors (Lipinski definition) is 7. The first-order valence-corrected chi connectivity index (χ1v) is 12.6. The molecule has 0 aliphatic heterocycles. The van der Waals surface area contributed by atoms with Gasteiger partial charge in [0.1, 0.15) is 0 Å². The molecule has 0 radical (unpaired) electrons. The van der Waals surface area contributed by atoms with Crippen molar-refractivity contribution in [1.82, 2.24) is 10.1 Å². The van der Waals surface area contributed by atoms with Crippen molar-refractivity contribution in [2.45, 2.75) is 72.3 Å². The molecule has 192 valence electrons. The smallest absolute Gasteiger partial charge is 0.305 e. The van der Waals surface area contributed by atoms with Crippen LogP contribution in [0.5, 0.6) is 0 Å². The number of nitrogens with zero attached hydrogens (tertiary/aromatic N) is 2. The van der Waals surface area contributed by atoms with E-state index in [9.17, 15) is 9.59 Å². The number of hydrogen-bond donors (Lipinski definition) is 1. The summed E-state index contributed by atoms with van der Waals surface area (Å²) < 4.78 is 10.3. The molecule has 0 aliphatic carbocycles. The van der Waals surface area contributed by atoms with Crippen LogP contribution in [0.25, 0.3) is 11.4 Å². The summed E-state index contributed by atoms with van der Waals surface area (Å²) in [5.74, 6) is 1.30. The van der Waals surface area contributed by atoms with Crippen molar-refractivity contribution in [3.63, 3.8) is 0 Å². The third-order valence-corrected chi connectivity index (χ3v) is 5.88. The Morgan fingerprint density at radius 3 is 2.22 bits per heavy atom. The zero-order chi connectivity index (χ0) is 26.3. The van der Waals surface area contributed by atoms with E-state index >= 15 is 0 Å². The molecule has 3 rings (SSSR count). The molecule has 1 atom stereocenters. The van der Waals surface area contributed by atoms with Crippen LogP contribution >= 0.6 is 0 Å². The second kappa shape index (κ2) is 12.0. The van der Waals surface area contributed by atoms with E-state index < -0.39 is 0 Å². The lowest BCUT2D eigenvalue weighted by molar-refractivity contribution is -0.143. The lowest BCUT2D eigenvalue weighted by Crippen LogP contribution is -2.17. The van der Waals surface area contributed by atoms with Crippen molar-refractivity contribution in [3.8, 4) is 11.4 Å². The standard InChI is InChI=1S/C29H37N3O4/c1-7-35-25(34)10-8-9-24(33)20-15-17-23(18-16-20)30-26(19(2)3)21-11-13-22(14-12-21)27-31-28(36-32-27)29(4,5)6/h11-19,26,30H,7-10H2,1-6H3. The SMILES string of the molecule is CCOC(=O)CCCC(=O)c1ccc(NC(c2ccc(-c3noc(C(C)(C)C)n3)cc2)C(C)C)cc1.